The molecule has 1 fully saturated rings. The van der Waals surface area contributed by atoms with Crippen LogP contribution in [0.15, 0.2) is 84.0 Å². The number of amides is 2. The number of carbonyl (C=O) groups excluding carboxylic acids is 2. The van der Waals surface area contributed by atoms with Crippen molar-refractivity contribution < 1.29 is 9.59 Å². The van der Waals surface area contributed by atoms with Gasteiger partial charge in [0.1, 0.15) is 12.4 Å². The molecule has 11 heteroatoms. The fraction of sp³-hybridized carbons (Fsp3) is 0.207. The van der Waals surface area contributed by atoms with Crippen LogP contribution < -0.4 is 31.6 Å². The first kappa shape index (κ1) is 27.6. The molecule has 3 aromatic rings. The van der Waals surface area contributed by atoms with Gasteiger partial charge in [-0.1, -0.05) is 41.9 Å². The quantitative estimate of drug-likeness (QED) is 0.286. The van der Waals surface area contributed by atoms with Gasteiger partial charge in [0.05, 0.1) is 5.69 Å². The summed E-state index contributed by atoms with van der Waals surface area (Å²) in [5.74, 6) is 1.54. The molecule has 5 rings (SSSR count). The number of anilines is 3. The second-order valence-corrected chi connectivity index (χ2v) is 10.9. The molecule has 206 valence electrons. The zero-order chi connectivity index (χ0) is 27.7. The van der Waals surface area contributed by atoms with Crippen molar-refractivity contribution in [2.75, 3.05) is 39.8 Å². The highest BCUT2D eigenvalue weighted by Gasteiger charge is 2.21. The second-order valence-electron chi connectivity index (χ2n) is 9.26. The Kier molecular flexibility index (Phi) is 9.22. The SMILES string of the molecule is O=C(/C=C/c1cc(Cl)ccc1N1C=NNN1)N[C@@H](Cc1ccccc1)C(=O)Nc1ccc(N2CCSCC2)cc1. The minimum Gasteiger partial charge on any atom is -0.370 e. The lowest BCUT2D eigenvalue weighted by Gasteiger charge is -2.28. The van der Waals surface area contributed by atoms with E-state index in [4.69, 9.17) is 11.6 Å². The van der Waals surface area contributed by atoms with Crippen LogP contribution in [0.5, 0.6) is 0 Å². The van der Waals surface area contributed by atoms with E-state index in [0.717, 1.165) is 41.5 Å². The molecule has 2 aliphatic heterocycles. The molecular formula is C29H30ClN7O2S. The zero-order valence-corrected chi connectivity index (χ0v) is 23.3. The molecule has 1 saturated heterocycles. The number of benzene rings is 3. The summed E-state index contributed by atoms with van der Waals surface area (Å²) in [7, 11) is 0. The van der Waals surface area contributed by atoms with Crippen LogP contribution in [-0.4, -0.2) is 48.8 Å². The van der Waals surface area contributed by atoms with E-state index in [9.17, 15) is 9.59 Å². The van der Waals surface area contributed by atoms with Crippen molar-refractivity contribution in [2.24, 2.45) is 5.10 Å². The normalized spacial score (nSPS) is 15.6. The number of thioether (sulfide) groups is 1. The largest absolute Gasteiger partial charge is 0.370 e. The third-order valence-electron chi connectivity index (χ3n) is 6.50. The summed E-state index contributed by atoms with van der Waals surface area (Å²) in [6, 6.07) is 22.0. The summed E-state index contributed by atoms with van der Waals surface area (Å²) < 4.78 is 0. The van der Waals surface area contributed by atoms with Gasteiger partial charge in [0.25, 0.3) is 0 Å². The van der Waals surface area contributed by atoms with Crippen molar-refractivity contribution in [3.8, 4) is 0 Å². The number of hydrazone groups is 1. The van der Waals surface area contributed by atoms with Crippen molar-refractivity contribution in [2.45, 2.75) is 12.5 Å². The van der Waals surface area contributed by atoms with Crippen LogP contribution in [0.2, 0.25) is 5.02 Å². The van der Waals surface area contributed by atoms with Gasteiger partial charge in [-0.15, -0.1) is 5.53 Å². The summed E-state index contributed by atoms with van der Waals surface area (Å²) in [6.07, 6.45) is 4.96. The third kappa shape index (κ3) is 7.35. The topological polar surface area (TPSA) is 101 Å². The number of carbonyl (C=O) groups is 2. The van der Waals surface area contributed by atoms with E-state index in [0.29, 0.717) is 22.7 Å². The zero-order valence-electron chi connectivity index (χ0n) is 21.7. The van der Waals surface area contributed by atoms with E-state index < -0.39 is 11.9 Å². The van der Waals surface area contributed by atoms with E-state index >= 15 is 0 Å². The fourth-order valence-electron chi connectivity index (χ4n) is 4.45. The van der Waals surface area contributed by atoms with Crippen molar-refractivity contribution in [1.82, 2.24) is 16.4 Å². The van der Waals surface area contributed by atoms with Crippen LogP contribution in [-0.2, 0) is 16.0 Å². The van der Waals surface area contributed by atoms with Gasteiger partial charge in [-0.05, 0) is 54.1 Å². The van der Waals surface area contributed by atoms with Crippen LogP contribution in [0.3, 0.4) is 0 Å². The Balaban J connectivity index is 1.28. The Labute approximate surface area is 242 Å². The van der Waals surface area contributed by atoms with Gasteiger partial charge >= 0.3 is 0 Å². The maximum Gasteiger partial charge on any atom is 0.247 e. The molecule has 0 unspecified atom stereocenters. The first-order chi connectivity index (χ1) is 19.5. The minimum atomic E-state index is -0.784. The summed E-state index contributed by atoms with van der Waals surface area (Å²) in [5, 5.41) is 12.0. The summed E-state index contributed by atoms with van der Waals surface area (Å²) >= 11 is 8.17. The van der Waals surface area contributed by atoms with Gasteiger partial charge < -0.3 is 15.5 Å². The molecule has 1 atom stereocenters. The molecular weight excluding hydrogens is 546 g/mol. The molecule has 40 heavy (non-hydrogen) atoms. The summed E-state index contributed by atoms with van der Waals surface area (Å²) in [4.78, 5) is 28.7. The standard InChI is InChI=1S/C29H30ClN7O2S/c30-23-7-12-27(37-20-31-34-35-37)22(19-23)6-13-28(38)33-26(18-21-4-2-1-3-5-21)29(39)32-24-8-10-25(11-9-24)36-14-16-40-17-15-36/h1-13,19-20,26,34-35H,14-18H2,(H,32,39)(H,33,38)/b13-6+/t26-/m0/s1. The number of hydrogen-bond acceptors (Lipinski definition) is 8. The van der Waals surface area contributed by atoms with Crippen LogP contribution >= 0.6 is 23.4 Å². The van der Waals surface area contributed by atoms with Crippen molar-refractivity contribution in [3.63, 3.8) is 0 Å². The highest BCUT2D eigenvalue weighted by atomic mass is 35.5. The average Bonchev–Trinajstić information content (AvgIpc) is 3.52. The molecule has 0 radical (unpaired) electrons. The molecule has 9 nitrogen and oxygen atoms in total. The fourth-order valence-corrected chi connectivity index (χ4v) is 5.53. The van der Waals surface area contributed by atoms with Gasteiger partial charge in [-0.2, -0.15) is 16.9 Å². The predicted molar refractivity (Wildman–Crippen MR) is 164 cm³/mol. The minimum absolute atomic E-state index is 0.292. The Bertz CT molecular complexity index is 1380. The van der Waals surface area contributed by atoms with Crippen LogP contribution in [0.1, 0.15) is 11.1 Å². The first-order valence-corrected chi connectivity index (χ1v) is 14.5. The van der Waals surface area contributed by atoms with E-state index in [1.165, 1.54) is 6.08 Å². The predicted octanol–water partition coefficient (Wildman–Crippen LogP) is 4.05. The Morgan fingerprint density at radius 1 is 1.05 bits per heavy atom. The van der Waals surface area contributed by atoms with Gasteiger partial charge in [0.15, 0.2) is 0 Å². The molecule has 0 aromatic heterocycles. The Morgan fingerprint density at radius 3 is 2.55 bits per heavy atom. The van der Waals surface area contributed by atoms with Crippen LogP contribution in [0.4, 0.5) is 17.1 Å². The number of hydrazine groups is 2. The highest BCUT2D eigenvalue weighted by Crippen LogP contribution is 2.25. The smallest absolute Gasteiger partial charge is 0.247 e. The molecule has 0 bridgehead atoms. The van der Waals surface area contributed by atoms with E-state index in [1.54, 1.807) is 29.6 Å². The lowest BCUT2D eigenvalue weighted by Crippen LogP contribution is -2.44. The number of rotatable bonds is 9. The summed E-state index contributed by atoms with van der Waals surface area (Å²) in [5.41, 5.74) is 9.71. The van der Waals surface area contributed by atoms with Gasteiger partial charge in [0, 0.05) is 59.1 Å². The van der Waals surface area contributed by atoms with Crippen molar-refractivity contribution >= 4 is 64.7 Å². The van der Waals surface area contributed by atoms with E-state index in [-0.39, 0.29) is 5.91 Å². The highest BCUT2D eigenvalue weighted by molar-refractivity contribution is 7.99. The molecule has 4 N–H and O–H groups in total. The van der Waals surface area contributed by atoms with Gasteiger partial charge in [-0.3, -0.25) is 9.59 Å². The number of nitrogens with zero attached hydrogens (tertiary/aromatic N) is 3. The Hall–Kier alpha value is -3.99. The lowest BCUT2D eigenvalue weighted by molar-refractivity contribution is -0.123. The number of hydrogen-bond donors (Lipinski definition) is 4. The molecule has 3 aromatic carbocycles. The molecule has 2 heterocycles. The average molecular weight is 576 g/mol. The summed E-state index contributed by atoms with van der Waals surface area (Å²) in [6.45, 7) is 2.04. The van der Waals surface area contributed by atoms with Crippen LogP contribution in [0.25, 0.3) is 6.08 Å². The molecule has 0 saturated carbocycles. The molecule has 0 aliphatic carbocycles. The lowest BCUT2D eigenvalue weighted by atomic mass is 10.0. The first-order valence-electron chi connectivity index (χ1n) is 12.9. The molecule has 0 spiro atoms. The van der Waals surface area contributed by atoms with Crippen molar-refractivity contribution in [1.29, 1.82) is 0 Å². The monoisotopic (exact) mass is 575 g/mol. The second kappa shape index (κ2) is 13.4. The van der Waals surface area contributed by atoms with Gasteiger partial charge in [0.2, 0.25) is 11.8 Å². The Morgan fingerprint density at radius 2 is 1.82 bits per heavy atom. The van der Waals surface area contributed by atoms with E-state index in [1.807, 2.05) is 72.4 Å². The third-order valence-corrected chi connectivity index (χ3v) is 7.68. The van der Waals surface area contributed by atoms with Crippen LogP contribution in [0, 0.1) is 0 Å². The maximum absolute atomic E-state index is 13.4. The number of nitrogens with one attached hydrogen (secondary N) is 4. The van der Waals surface area contributed by atoms with Gasteiger partial charge in [-0.25, -0.2) is 10.5 Å². The maximum atomic E-state index is 13.4. The molecule has 2 aliphatic rings. The van der Waals surface area contributed by atoms with Crippen molar-refractivity contribution in [3.05, 3.63) is 95.0 Å². The number of halogens is 1. The molecule has 2 amide bonds. The van der Waals surface area contributed by atoms with E-state index in [2.05, 4.69) is 31.7 Å².